The van der Waals surface area contributed by atoms with E-state index in [1.165, 1.54) is 16.5 Å². The first kappa shape index (κ1) is 18.0. The van der Waals surface area contributed by atoms with Crippen LogP contribution in [0.5, 0.6) is 5.75 Å². The van der Waals surface area contributed by atoms with Gasteiger partial charge in [-0.3, -0.25) is 0 Å². The lowest BCUT2D eigenvalue weighted by atomic mass is 10.0. The summed E-state index contributed by atoms with van der Waals surface area (Å²) in [5.74, 6) is 1.15. The zero-order valence-electron chi connectivity index (χ0n) is 16.4. The van der Waals surface area contributed by atoms with Crippen molar-refractivity contribution in [3.63, 3.8) is 0 Å². The van der Waals surface area contributed by atoms with Gasteiger partial charge in [0.15, 0.2) is 5.96 Å². The third kappa shape index (κ3) is 3.63. The predicted molar refractivity (Wildman–Crippen MR) is 125 cm³/mol. The molecule has 0 fully saturated rings. The van der Waals surface area contributed by atoms with Crippen molar-refractivity contribution >= 4 is 40.3 Å². The highest BCUT2D eigenvalue weighted by Crippen LogP contribution is 2.36. The van der Waals surface area contributed by atoms with Crippen LogP contribution in [-0.2, 0) is 6.61 Å². The lowest BCUT2D eigenvalue weighted by Crippen LogP contribution is -2.21. The van der Waals surface area contributed by atoms with Crippen LogP contribution >= 0.6 is 0 Å². The Hall–Kier alpha value is -4.05. The van der Waals surface area contributed by atoms with Crippen LogP contribution in [0.15, 0.2) is 89.9 Å². The molecule has 0 amide bonds. The molecule has 1 aliphatic carbocycles. The number of hydrogen-bond acceptors (Lipinski definition) is 2. The molecule has 0 unspecified atom stereocenters. The Balaban J connectivity index is 1.29. The highest BCUT2D eigenvalue weighted by molar-refractivity contribution is 6.09. The van der Waals surface area contributed by atoms with Crippen molar-refractivity contribution in [3.05, 3.63) is 102 Å². The minimum Gasteiger partial charge on any atom is -0.489 e. The first-order valence-electron chi connectivity index (χ1n) is 9.88. The monoisotopic (exact) mass is 391 g/mol. The van der Waals surface area contributed by atoms with Crippen molar-refractivity contribution in [3.8, 4) is 5.75 Å². The second-order valence-electron chi connectivity index (χ2n) is 7.20. The molecule has 0 saturated heterocycles. The van der Waals surface area contributed by atoms with Gasteiger partial charge in [0, 0.05) is 11.1 Å². The summed E-state index contributed by atoms with van der Waals surface area (Å²) >= 11 is 0. The van der Waals surface area contributed by atoms with Crippen molar-refractivity contribution in [2.75, 3.05) is 5.32 Å². The fraction of sp³-hybridized carbons (Fsp3) is 0.0385. The lowest BCUT2D eigenvalue weighted by Gasteiger charge is -2.10. The average molecular weight is 391 g/mol. The number of anilines is 1. The highest BCUT2D eigenvalue weighted by atomic mass is 16.5. The van der Waals surface area contributed by atoms with Gasteiger partial charge in [0.1, 0.15) is 12.4 Å². The summed E-state index contributed by atoms with van der Waals surface area (Å²) in [5, 5.41) is 5.49. The number of nitrogens with two attached hydrogens (primary N) is 1. The third-order valence-electron chi connectivity index (χ3n) is 5.14. The number of nitrogens with one attached hydrogen (secondary N) is 1. The fourth-order valence-electron chi connectivity index (χ4n) is 3.68. The fourth-order valence-corrected chi connectivity index (χ4v) is 3.68. The van der Waals surface area contributed by atoms with Crippen LogP contribution in [0.4, 0.5) is 11.4 Å². The van der Waals surface area contributed by atoms with Crippen LogP contribution in [0, 0.1) is 0 Å². The standard InChI is InChI=1S/C26H21N3O/c27-26(29-24-16-11-20-10-9-19-7-4-8-23(24)25(19)20)28-21-12-14-22(15-13-21)30-17-18-5-2-1-3-6-18/h1-16H,17H2,(H3,27,28,29). The van der Waals surface area contributed by atoms with Crippen LogP contribution in [0.25, 0.3) is 22.9 Å². The molecule has 0 bridgehead atoms. The van der Waals surface area contributed by atoms with E-state index in [0.717, 1.165) is 28.1 Å². The highest BCUT2D eigenvalue weighted by Gasteiger charge is 2.11. The Morgan fingerprint density at radius 2 is 1.57 bits per heavy atom. The lowest BCUT2D eigenvalue weighted by molar-refractivity contribution is 0.306. The summed E-state index contributed by atoms with van der Waals surface area (Å²) in [6.07, 6.45) is 4.27. The van der Waals surface area contributed by atoms with E-state index >= 15 is 0 Å². The van der Waals surface area contributed by atoms with Crippen molar-refractivity contribution < 1.29 is 4.74 Å². The predicted octanol–water partition coefficient (Wildman–Crippen LogP) is 5.96. The van der Waals surface area contributed by atoms with Gasteiger partial charge in [-0.15, -0.1) is 0 Å². The second-order valence-corrected chi connectivity index (χ2v) is 7.20. The number of nitrogens with zero attached hydrogens (tertiary/aromatic N) is 1. The van der Waals surface area contributed by atoms with E-state index in [2.05, 4.69) is 40.7 Å². The molecule has 30 heavy (non-hydrogen) atoms. The summed E-state index contributed by atoms with van der Waals surface area (Å²) in [4.78, 5) is 4.62. The molecule has 146 valence electrons. The van der Waals surface area contributed by atoms with Crippen molar-refractivity contribution in [2.45, 2.75) is 6.61 Å². The maximum absolute atomic E-state index is 6.19. The van der Waals surface area contributed by atoms with Gasteiger partial charge in [0.2, 0.25) is 0 Å². The molecule has 4 heteroatoms. The van der Waals surface area contributed by atoms with Gasteiger partial charge in [-0.2, -0.15) is 0 Å². The zero-order chi connectivity index (χ0) is 20.3. The number of ether oxygens (including phenoxy) is 1. The minimum absolute atomic E-state index is 0.347. The number of hydrogen-bond donors (Lipinski definition) is 2. The van der Waals surface area contributed by atoms with E-state index in [1.54, 1.807) is 0 Å². The molecule has 0 aromatic heterocycles. The summed E-state index contributed by atoms with van der Waals surface area (Å²) in [7, 11) is 0. The molecule has 1 aliphatic rings. The zero-order valence-corrected chi connectivity index (χ0v) is 16.4. The average Bonchev–Trinajstić information content (AvgIpc) is 3.21. The Kier molecular flexibility index (Phi) is 4.66. The quantitative estimate of drug-likeness (QED) is 0.287. The number of rotatable bonds is 5. The van der Waals surface area contributed by atoms with Gasteiger partial charge >= 0.3 is 0 Å². The molecule has 5 rings (SSSR count). The summed E-state index contributed by atoms with van der Waals surface area (Å²) in [5.41, 5.74) is 11.5. The van der Waals surface area contributed by atoms with Crippen molar-refractivity contribution in [1.29, 1.82) is 0 Å². The molecule has 4 nitrogen and oxygen atoms in total. The molecule has 0 heterocycles. The molecule has 0 saturated carbocycles. The topological polar surface area (TPSA) is 59.6 Å². The Labute approximate surface area is 175 Å². The third-order valence-corrected chi connectivity index (χ3v) is 5.14. The normalized spacial score (nSPS) is 12.3. The second kappa shape index (κ2) is 7.76. The molecule has 3 N–H and O–H groups in total. The molecule has 0 atom stereocenters. The van der Waals surface area contributed by atoms with Gasteiger partial charge in [0.25, 0.3) is 0 Å². The van der Waals surface area contributed by atoms with Gasteiger partial charge in [0.05, 0.1) is 5.69 Å². The largest absolute Gasteiger partial charge is 0.489 e. The summed E-state index contributed by atoms with van der Waals surface area (Å²) < 4.78 is 5.83. The molecule has 4 aromatic carbocycles. The Morgan fingerprint density at radius 1 is 0.800 bits per heavy atom. The van der Waals surface area contributed by atoms with E-state index < -0.39 is 0 Å². The molecule has 0 radical (unpaired) electrons. The Bertz CT molecular complexity index is 1250. The van der Waals surface area contributed by atoms with Gasteiger partial charge < -0.3 is 15.8 Å². The summed E-state index contributed by atoms with van der Waals surface area (Å²) in [6, 6.07) is 28.1. The molecule has 4 aromatic rings. The van der Waals surface area contributed by atoms with Gasteiger partial charge in [-0.25, -0.2) is 4.99 Å². The van der Waals surface area contributed by atoms with E-state index in [9.17, 15) is 0 Å². The van der Waals surface area contributed by atoms with Gasteiger partial charge in [-0.05, 0) is 52.4 Å². The van der Waals surface area contributed by atoms with Crippen molar-refractivity contribution in [2.24, 2.45) is 10.7 Å². The Morgan fingerprint density at radius 3 is 2.37 bits per heavy atom. The minimum atomic E-state index is 0.347. The summed E-state index contributed by atoms with van der Waals surface area (Å²) in [6.45, 7) is 0.539. The van der Waals surface area contributed by atoms with Crippen LogP contribution < -0.4 is 15.8 Å². The molecule has 0 spiro atoms. The van der Waals surface area contributed by atoms with Crippen LogP contribution in [0.1, 0.15) is 16.7 Å². The van der Waals surface area contributed by atoms with Gasteiger partial charge in [-0.1, -0.05) is 66.7 Å². The van der Waals surface area contributed by atoms with E-state index in [-0.39, 0.29) is 0 Å². The smallest absolute Gasteiger partial charge is 0.198 e. The first-order chi connectivity index (χ1) is 14.8. The molecule has 0 aliphatic heterocycles. The number of guanidine groups is 1. The molecular weight excluding hydrogens is 370 g/mol. The van der Waals surface area contributed by atoms with Crippen LogP contribution in [0.3, 0.4) is 0 Å². The van der Waals surface area contributed by atoms with E-state index in [1.807, 2.05) is 66.7 Å². The van der Waals surface area contributed by atoms with Crippen molar-refractivity contribution in [1.82, 2.24) is 0 Å². The maximum Gasteiger partial charge on any atom is 0.198 e. The molecular formula is C26H21N3O. The van der Waals surface area contributed by atoms with Crippen LogP contribution in [0.2, 0.25) is 0 Å². The SMILES string of the molecule is NC(=Nc1ccc2c3c(cccc13)C=C2)Nc1ccc(OCc2ccccc2)cc1. The number of benzene rings is 4. The van der Waals surface area contributed by atoms with E-state index in [0.29, 0.717) is 12.6 Å². The van der Waals surface area contributed by atoms with E-state index in [4.69, 9.17) is 10.5 Å². The number of aliphatic imine (C=N–C) groups is 1. The van der Waals surface area contributed by atoms with Crippen LogP contribution in [-0.4, -0.2) is 5.96 Å². The first-order valence-corrected chi connectivity index (χ1v) is 9.88. The maximum atomic E-state index is 6.19.